The fourth-order valence-corrected chi connectivity index (χ4v) is 6.97. The van der Waals surface area contributed by atoms with Gasteiger partial charge in [0.15, 0.2) is 0 Å². The van der Waals surface area contributed by atoms with E-state index >= 15 is 0 Å². The van der Waals surface area contributed by atoms with Crippen molar-refractivity contribution in [1.82, 2.24) is 30.2 Å². The molecule has 2 aliphatic heterocycles. The van der Waals surface area contributed by atoms with Crippen LogP contribution in [-0.2, 0) is 4.57 Å². The third-order valence-electron chi connectivity index (χ3n) is 7.54. The maximum atomic E-state index is 13.3. The molecule has 2 aliphatic rings. The Morgan fingerprint density at radius 1 is 1.00 bits per heavy atom. The number of hydrogen-bond acceptors (Lipinski definition) is 11. The molecule has 2 fully saturated rings. The molecule has 214 valence electrons. The second-order valence-corrected chi connectivity index (χ2v) is 14.6. The van der Waals surface area contributed by atoms with Crippen LogP contribution in [0.15, 0.2) is 53.4 Å². The Morgan fingerprint density at radius 2 is 1.76 bits per heavy atom. The first kappa shape index (κ1) is 27.8. The minimum absolute atomic E-state index is 0.391. The van der Waals surface area contributed by atoms with E-state index < -0.39 is 7.14 Å². The molecule has 6 rings (SSSR count). The Hall–Kier alpha value is -3.31. The predicted molar refractivity (Wildman–Crippen MR) is 168 cm³/mol. The van der Waals surface area contributed by atoms with Crippen LogP contribution in [0.5, 0.6) is 5.75 Å². The highest BCUT2D eigenvalue weighted by Crippen LogP contribution is 2.41. The number of benzene rings is 2. The van der Waals surface area contributed by atoms with E-state index in [1.54, 1.807) is 39.0 Å². The van der Waals surface area contributed by atoms with Gasteiger partial charge in [-0.1, -0.05) is 0 Å². The fourth-order valence-electron chi connectivity index (χ4n) is 5.29. The van der Waals surface area contributed by atoms with Crippen LogP contribution in [0.3, 0.4) is 0 Å². The van der Waals surface area contributed by atoms with Crippen molar-refractivity contribution < 1.29 is 9.30 Å². The molecule has 2 saturated heterocycles. The average molecular weight is 639 g/mol. The Balaban J connectivity index is 1.22. The molecule has 4 heterocycles. The van der Waals surface area contributed by atoms with E-state index in [1.165, 1.54) is 0 Å². The summed E-state index contributed by atoms with van der Waals surface area (Å²) in [7, 11) is -1.05. The number of halogens is 1. The first-order valence-electron chi connectivity index (χ1n) is 13.5. The first-order chi connectivity index (χ1) is 19.8. The fraction of sp³-hybridized carbons (Fsp3) is 0.357. The van der Waals surface area contributed by atoms with Gasteiger partial charge in [0, 0.05) is 75.7 Å². The summed E-state index contributed by atoms with van der Waals surface area (Å²) in [6.45, 7) is 9.75. The van der Waals surface area contributed by atoms with E-state index in [1.807, 2.05) is 18.2 Å². The molecule has 2 aromatic heterocycles. The van der Waals surface area contributed by atoms with Crippen molar-refractivity contribution in [2.75, 3.05) is 75.2 Å². The van der Waals surface area contributed by atoms with Gasteiger partial charge in [0.1, 0.15) is 24.2 Å². The van der Waals surface area contributed by atoms with Crippen molar-refractivity contribution in [3.8, 4) is 5.75 Å². The van der Waals surface area contributed by atoms with Crippen LogP contribution in [0, 0.1) is 0 Å². The number of nitrogens with one attached hydrogen (secondary N) is 3. The van der Waals surface area contributed by atoms with E-state index in [4.69, 9.17) is 9.72 Å². The molecule has 11 nitrogen and oxygen atoms in total. The number of ether oxygens (including phenoxy) is 1. The van der Waals surface area contributed by atoms with Crippen LogP contribution in [0.1, 0.15) is 0 Å². The highest BCUT2D eigenvalue weighted by atomic mass is 79.9. The molecule has 0 saturated carbocycles. The molecule has 0 bridgehead atoms. The zero-order chi connectivity index (χ0) is 28.6. The molecule has 0 amide bonds. The third-order valence-corrected chi connectivity index (χ3v) is 9.65. The molecule has 4 aromatic rings. The number of methoxy groups -OCH3 is 1. The highest BCUT2D eigenvalue weighted by Gasteiger charge is 2.28. The van der Waals surface area contributed by atoms with Gasteiger partial charge in [-0.3, -0.25) is 14.9 Å². The van der Waals surface area contributed by atoms with Crippen molar-refractivity contribution in [3.63, 3.8) is 0 Å². The predicted octanol–water partition coefficient (Wildman–Crippen LogP) is 4.02. The van der Waals surface area contributed by atoms with E-state index in [-0.39, 0.29) is 0 Å². The van der Waals surface area contributed by atoms with Gasteiger partial charge in [-0.15, -0.1) is 0 Å². The molecule has 13 heteroatoms. The second kappa shape index (κ2) is 11.5. The molecule has 3 N–H and O–H groups in total. The summed E-state index contributed by atoms with van der Waals surface area (Å²) in [4.78, 5) is 23.0. The van der Waals surface area contributed by atoms with E-state index in [0.717, 1.165) is 50.6 Å². The van der Waals surface area contributed by atoms with Crippen molar-refractivity contribution in [3.05, 3.63) is 53.4 Å². The van der Waals surface area contributed by atoms with Gasteiger partial charge in [0.05, 0.1) is 33.8 Å². The Labute approximate surface area is 247 Å². The van der Waals surface area contributed by atoms with Gasteiger partial charge in [-0.2, -0.15) is 4.98 Å². The number of hydrogen-bond donors (Lipinski definition) is 3. The van der Waals surface area contributed by atoms with Gasteiger partial charge in [0.25, 0.3) is 0 Å². The number of fused-ring (bicyclic) bond motifs is 1. The van der Waals surface area contributed by atoms with Gasteiger partial charge in [0.2, 0.25) is 5.95 Å². The van der Waals surface area contributed by atoms with Gasteiger partial charge < -0.3 is 30.2 Å². The molecular formula is C28H33BrN9O2P. The molecule has 0 aliphatic carbocycles. The summed E-state index contributed by atoms with van der Waals surface area (Å²) in [5.74, 6) is 1.63. The highest BCUT2D eigenvalue weighted by molar-refractivity contribution is 9.10. The van der Waals surface area contributed by atoms with Gasteiger partial charge >= 0.3 is 0 Å². The largest absolute Gasteiger partial charge is 0.494 e. The number of rotatable bonds is 8. The lowest BCUT2D eigenvalue weighted by atomic mass is 10.1. The van der Waals surface area contributed by atoms with Crippen molar-refractivity contribution in [2.24, 2.45) is 0 Å². The van der Waals surface area contributed by atoms with Crippen LogP contribution in [0.4, 0.5) is 28.8 Å². The maximum absolute atomic E-state index is 13.3. The molecule has 0 atom stereocenters. The second-order valence-electron chi connectivity index (χ2n) is 10.6. The van der Waals surface area contributed by atoms with Crippen molar-refractivity contribution in [1.29, 1.82) is 0 Å². The van der Waals surface area contributed by atoms with Crippen LogP contribution in [0.25, 0.3) is 11.0 Å². The smallest absolute Gasteiger partial charge is 0.229 e. The lowest BCUT2D eigenvalue weighted by Gasteiger charge is -2.44. The Kier molecular flexibility index (Phi) is 7.82. The summed E-state index contributed by atoms with van der Waals surface area (Å²) >= 11 is 3.55. The number of aromatic nitrogens is 4. The summed E-state index contributed by atoms with van der Waals surface area (Å²) in [5.41, 5.74) is 3.85. The van der Waals surface area contributed by atoms with Crippen molar-refractivity contribution >= 4 is 68.2 Å². The molecule has 2 aromatic carbocycles. The zero-order valence-electron chi connectivity index (χ0n) is 23.3. The molecule has 0 radical (unpaired) electrons. The van der Waals surface area contributed by atoms with Gasteiger partial charge in [-0.05, 0) is 53.5 Å². The summed E-state index contributed by atoms with van der Waals surface area (Å²) < 4.78 is 19.7. The van der Waals surface area contributed by atoms with Crippen molar-refractivity contribution in [2.45, 2.75) is 6.04 Å². The SMILES string of the molecule is COc1cc(N2CCN(C3CNC3)CC2)ccc1Nc1ncc(Br)c(Nc2ccc3nccnc3c2P(C)(C)=O)n1. The van der Waals surface area contributed by atoms with E-state index in [2.05, 4.69) is 68.8 Å². The normalized spacial score (nSPS) is 16.4. The topological polar surface area (TPSA) is 120 Å². The van der Waals surface area contributed by atoms with Gasteiger partial charge in [-0.25, -0.2) is 4.98 Å². The summed E-state index contributed by atoms with van der Waals surface area (Å²) in [6.07, 6.45) is 4.91. The molecule has 0 unspecified atom stereocenters. The standard InChI is InChI=1S/C28H33BrN9O2P/c1-40-24-14-18(37-10-12-38(13-11-37)19-15-30-16-19)4-5-21(24)35-28-33-17-20(29)27(36-28)34-23-7-6-22-25(32-9-8-31-22)26(23)41(2,3)39/h4-9,14,17,19,30H,10-13,15-16H2,1-3H3,(H2,33,34,35,36). The van der Waals surface area contributed by atoms with Crippen LogP contribution in [0.2, 0.25) is 0 Å². The van der Waals surface area contributed by atoms with Crippen LogP contribution in [-0.4, -0.2) is 90.6 Å². The lowest BCUT2D eigenvalue weighted by Crippen LogP contribution is -2.61. The number of piperazine rings is 1. The zero-order valence-corrected chi connectivity index (χ0v) is 25.7. The molecule has 41 heavy (non-hydrogen) atoms. The number of anilines is 5. The third kappa shape index (κ3) is 5.88. The lowest BCUT2D eigenvalue weighted by molar-refractivity contribution is 0.138. The van der Waals surface area contributed by atoms with E-state index in [0.29, 0.717) is 50.1 Å². The Bertz CT molecular complexity index is 1620. The molecule has 0 spiro atoms. The summed E-state index contributed by atoms with van der Waals surface area (Å²) in [5, 5.41) is 10.6. The first-order valence-corrected chi connectivity index (χ1v) is 16.9. The molecular weight excluding hydrogens is 605 g/mol. The van der Waals surface area contributed by atoms with Crippen LogP contribution < -0.4 is 30.9 Å². The average Bonchev–Trinajstić information content (AvgIpc) is 2.94. The Morgan fingerprint density at radius 3 is 2.46 bits per heavy atom. The minimum Gasteiger partial charge on any atom is -0.494 e. The van der Waals surface area contributed by atoms with E-state index in [9.17, 15) is 4.57 Å². The summed E-state index contributed by atoms with van der Waals surface area (Å²) in [6, 6.07) is 10.6. The number of nitrogens with zero attached hydrogens (tertiary/aromatic N) is 6. The monoisotopic (exact) mass is 637 g/mol. The quantitative estimate of drug-likeness (QED) is 0.243. The maximum Gasteiger partial charge on any atom is 0.229 e. The minimum atomic E-state index is -2.72. The van der Waals surface area contributed by atoms with Crippen LogP contribution >= 0.6 is 23.1 Å².